The van der Waals surface area contributed by atoms with Gasteiger partial charge in [-0.1, -0.05) is 20.3 Å². The van der Waals surface area contributed by atoms with Gasteiger partial charge in [0.2, 0.25) is 0 Å². The molecule has 2 N–H and O–H groups in total. The highest BCUT2D eigenvalue weighted by molar-refractivity contribution is 5.15. The minimum atomic E-state index is 0.202. The number of aromatic nitrogens is 1. The molecular formula is C12H22N2O. The molecule has 1 atom stereocenters. The molecule has 15 heavy (non-hydrogen) atoms. The second-order valence-electron chi connectivity index (χ2n) is 3.81. The molecule has 0 aromatic carbocycles. The van der Waals surface area contributed by atoms with Gasteiger partial charge in [0.15, 0.2) is 0 Å². The number of rotatable bonds is 7. The van der Waals surface area contributed by atoms with Crippen LogP contribution >= 0.6 is 0 Å². The van der Waals surface area contributed by atoms with Crippen LogP contribution in [0.2, 0.25) is 0 Å². The summed E-state index contributed by atoms with van der Waals surface area (Å²) in [6, 6.07) is 2.60. The van der Waals surface area contributed by atoms with Crippen LogP contribution in [-0.4, -0.2) is 22.8 Å². The fourth-order valence-electron chi connectivity index (χ4n) is 1.84. The van der Waals surface area contributed by atoms with Gasteiger partial charge < -0.3 is 15.0 Å². The lowest BCUT2D eigenvalue weighted by Gasteiger charge is -2.15. The Kier molecular flexibility index (Phi) is 5.43. The SMILES string of the molecule is CCCC(NCC)c1ccn(CCO)c1. The Hall–Kier alpha value is -0.800. The summed E-state index contributed by atoms with van der Waals surface area (Å²) in [5, 5.41) is 12.3. The van der Waals surface area contributed by atoms with Gasteiger partial charge in [-0.25, -0.2) is 0 Å². The van der Waals surface area contributed by atoms with Gasteiger partial charge in [0.25, 0.3) is 0 Å². The smallest absolute Gasteiger partial charge is 0.0610 e. The second kappa shape index (κ2) is 6.64. The van der Waals surface area contributed by atoms with E-state index in [-0.39, 0.29) is 6.61 Å². The van der Waals surface area contributed by atoms with Gasteiger partial charge in [-0.3, -0.25) is 0 Å². The molecule has 1 rings (SSSR count). The molecule has 0 bridgehead atoms. The normalized spacial score (nSPS) is 13.0. The quantitative estimate of drug-likeness (QED) is 0.721. The zero-order valence-corrected chi connectivity index (χ0v) is 9.74. The Balaban J connectivity index is 2.63. The number of hydrogen-bond donors (Lipinski definition) is 2. The molecule has 0 aliphatic heterocycles. The first kappa shape index (κ1) is 12.3. The molecule has 1 unspecified atom stereocenters. The molecule has 3 heteroatoms. The molecule has 0 amide bonds. The third-order valence-corrected chi connectivity index (χ3v) is 2.56. The van der Waals surface area contributed by atoms with Crippen LogP contribution < -0.4 is 5.32 Å². The van der Waals surface area contributed by atoms with Crippen molar-refractivity contribution in [1.29, 1.82) is 0 Å². The summed E-state index contributed by atoms with van der Waals surface area (Å²) < 4.78 is 2.04. The third-order valence-electron chi connectivity index (χ3n) is 2.56. The molecular weight excluding hydrogens is 188 g/mol. The Morgan fingerprint density at radius 2 is 2.27 bits per heavy atom. The van der Waals surface area contributed by atoms with Crippen molar-refractivity contribution in [3.8, 4) is 0 Å². The largest absolute Gasteiger partial charge is 0.395 e. The Bertz CT molecular complexity index is 264. The van der Waals surface area contributed by atoms with Crippen LogP contribution in [0.15, 0.2) is 18.5 Å². The summed E-state index contributed by atoms with van der Waals surface area (Å²) in [6.45, 7) is 6.22. The maximum atomic E-state index is 8.84. The summed E-state index contributed by atoms with van der Waals surface area (Å²) in [7, 11) is 0. The van der Waals surface area contributed by atoms with E-state index < -0.39 is 0 Å². The highest BCUT2D eigenvalue weighted by Crippen LogP contribution is 2.18. The molecule has 0 saturated heterocycles. The van der Waals surface area contributed by atoms with E-state index in [4.69, 9.17) is 5.11 Å². The fourth-order valence-corrected chi connectivity index (χ4v) is 1.84. The van der Waals surface area contributed by atoms with Crippen LogP contribution in [0.5, 0.6) is 0 Å². The van der Waals surface area contributed by atoms with Crippen LogP contribution in [0, 0.1) is 0 Å². The van der Waals surface area contributed by atoms with Crippen molar-refractivity contribution in [3.05, 3.63) is 24.0 Å². The maximum absolute atomic E-state index is 8.84. The van der Waals surface area contributed by atoms with Crippen LogP contribution in [-0.2, 0) is 6.54 Å². The monoisotopic (exact) mass is 210 g/mol. The fraction of sp³-hybridized carbons (Fsp3) is 0.667. The van der Waals surface area contributed by atoms with E-state index in [1.807, 2.05) is 10.8 Å². The van der Waals surface area contributed by atoms with E-state index in [9.17, 15) is 0 Å². The Labute approximate surface area is 92.1 Å². The molecule has 0 aliphatic carbocycles. The topological polar surface area (TPSA) is 37.2 Å². The van der Waals surface area contributed by atoms with E-state index in [0.29, 0.717) is 12.6 Å². The third kappa shape index (κ3) is 3.68. The number of aliphatic hydroxyl groups excluding tert-OH is 1. The second-order valence-corrected chi connectivity index (χ2v) is 3.81. The van der Waals surface area contributed by atoms with Crippen LogP contribution in [0.25, 0.3) is 0 Å². The van der Waals surface area contributed by atoms with Gasteiger partial charge in [0, 0.05) is 25.0 Å². The van der Waals surface area contributed by atoms with Crippen LogP contribution in [0.3, 0.4) is 0 Å². The molecule has 0 spiro atoms. The average Bonchev–Trinajstić information content (AvgIpc) is 2.67. The van der Waals surface area contributed by atoms with Gasteiger partial charge in [-0.05, 0) is 24.6 Å². The summed E-state index contributed by atoms with van der Waals surface area (Å²) in [4.78, 5) is 0. The summed E-state index contributed by atoms with van der Waals surface area (Å²) >= 11 is 0. The van der Waals surface area contributed by atoms with Crippen molar-refractivity contribution < 1.29 is 5.11 Å². The molecule has 0 fully saturated rings. The number of nitrogens with zero attached hydrogens (tertiary/aromatic N) is 1. The van der Waals surface area contributed by atoms with Crippen LogP contribution in [0.4, 0.5) is 0 Å². The standard InChI is InChI=1S/C12H22N2O/c1-3-5-12(13-4-2)11-6-7-14(10-11)8-9-15/h6-7,10,12-13,15H,3-5,8-9H2,1-2H3. The van der Waals surface area contributed by atoms with Gasteiger partial charge in [-0.2, -0.15) is 0 Å². The summed E-state index contributed by atoms with van der Waals surface area (Å²) in [5.41, 5.74) is 1.33. The molecule has 0 aliphatic rings. The van der Waals surface area contributed by atoms with Gasteiger partial charge >= 0.3 is 0 Å². The Morgan fingerprint density at radius 3 is 2.87 bits per heavy atom. The highest BCUT2D eigenvalue weighted by atomic mass is 16.3. The van der Waals surface area contributed by atoms with Gasteiger partial charge in [-0.15, -0.1) is 0 Å². The highest BCUT2D eigenvalue weighted by Gasteiger charge is 2.09. The van der Waals surface area contributed by atoms with Crippen molar-refractivity contribution >= 4 is 0 Å². The molecule has 0 saturated carbocycles. The van der Waals surface area contributed by atoms with Crippen molar-refractivity contribution in [1.82, 2.24) is 9.88 Å². The Morgan fingerprint density at radius 1 is 1.47 bits per heavy atom. The van der Waals surface area contributed by atoms with E-state index in [1.165, 1.54) is 12.0 Å². The zero-order valence-electron chi connectivity index (χ0n) is 9.74. The lowest BCUT2D eigenvalue weighted by atomic mass is 10.1. The number of hydrogen-bond acceptors (Lipinski definition) is 2. The predicted molar refractivity (Wildman–Crippen MR) is 62.8 cm³/mol. The van der Waals surface area contributed by atoms with Crippen molar-refractivity contribution in [2.45, 2.75) is 39.3 Å². The molecule has 86 valence electrons. The molecule has 3 nitrogen and oxygen atoms in total. The number of nitrogens with one attached hydrogen (secondary N) is 1. The first-order valence-corrected chi connectivity index (χ1v) is 5.81. The summed E-state index contributed by atoms with van der Waals surface area (Å²) in [5.74, 6) is 0. The average molecular weight is 210 g/mol. The van der Waals surface area contributed by atoms with Gasteiger partial charge in [0.1, 0.15) is 0 Å². The van der Waals surface area contributed by atoms with E-state index in [2.05, 4.69) is 31.4 Å². The minimum Gasteiger partial charge on any atom is -0.395 e. The lowest BCUT2D eigenvalue weighted by Crippen LogP contribution is -2.20. The summed E-state index contributed by atoms with van der Waals surface area (Å²) in [6.07, 6.45) is 6.50. The zero-order chi connectivity index (χ0) is 11.1. The number of aliphatic hydroxyl groups is 1. The van der Waals surface area contributed by atoms with Crippen molar-refractivity contribution in [2.75, 3.05) is 13.2 Å². The van der Waals surface area contributed by atoms with Crippen LogP contribution in [0.1, 0.15) is 38.3 Å². The maximum Gasteiger partial charge on any atom is 0.0610 e. The molecule has 1 aromatic rings. The van der Waals surface area contributed by atoms with E-state index >= 15 is 0 Å². The van der Waals surface area contributed by atoms with Crippen molar-refractivity contribution in [2.24, 2.45) is 0 Å². The van der Waals surface area contributed by atoms with Crippen molar-refractivity contribution in [3.63, 3.8) is 0 Å². The molecule has 1 aromatic heterocycles. The predicted octanol–water partition coefficient (Wildman–Crippen LogP) is 1.93. The first-order valence-electron chi connectivity index (χ1n) is 5.81. The van der Waals surface area contributed by atoms with E-state index in [1.54, 1.807) is 0 Å². The lowest BCUT2D eigenvalue weighted by molar-refractivity contribution is 0.276. The van der Waals surface area contributed by atoms with Gasteiger partial charge in [0.05, 0.1) is 6.61 Å². The van der Waals surface area contributed by atoms with E-state index in [0.717, 1.165) is 13.0 Å². The first-order chi connectivity index (χ1) is 7.31. The minimum absolute atomic E-state index is 0.202. The molecule has 0 radical (unpaired) electrons. The molecule has 1 heterocycles.